The minimum absolute atomic E-state index is 0.321. The molecule has 0 bridgehead atoms. The first kappa shape index (κ1) is 10.3. The third-order valence-corrected chi connectivity index (χ3v) is 2.99. The zero-order valence-corrected chi connectivity index (χ0v) is 10.1. The second-order valence-electron chi connectivity index (χ2n) is 5.39. The van der Waals surface area contributed by atoms with E-state index in [1.54, 1.807) is 0 Å². The van der Waals surface area contributed by atoms with Crippen LogP contribution in [0.2, 0.25) is 0 Å². The number of hydrogen-bond acceptors (Lipinski definition) is 2. The highest BCUT2D eigenvalue weighted by molar-refractivity contribution is 5.71. The molecule has 1 aliphatic rings. The Kier molecular flexibility index (Phi) is 2.37. The van der Waals surface area contributed by atoms with Gasteiger partial charge in [-0.2, -0.15) is 0 Å². The van der Waals surface area contributed by atoms with Crippen molar-refractivity contribution in [3.05, 3.63) is 23.8 Å². The van der Waals surface area contributed by atoms with Gasteiger partial charge in [0.2, 0.25) is 0 Å². The Morgan fingerprint density at radius 1 is 1.33 bits per heavy atom. The highest BCUT2D eigenvalue weighted by Crippen LogP contribution is 2.32. The average Bonchev–Trinajstić information content (AvgIpc) is 2.23. The molecule has 0 aromatic heterocycles. The second-order valence-corrected chi connectivity index (χ2v) is 5.39. The van der Waals surface area contributed by atoms with E-state index in [0.29, 0.717) is 5.41 Å². The van der Waals surface area contributed by atoms with Gasteiger partial charge in [0.1, 0.15) is 0 Å². The monoisotopic (exact) mass is 204 g/mol. The summed E-state index contributed by atoms with van der Waals surface area (Å²) in [4.78, 5) is 2.34. The van der Waals surface area contributed by atoms with E-state index in [-0.39, 0.29) is 0 Å². The van der Waals surface area contributed by atoms with E-state index < -0.39 is 0 Å². The van der Waals surface area contributed by atoms with Crippen molar-refractivity contribution in [3.63, 3.8) is 0 Å². The fourth-order valence-corrected chi connectivity index (χ4v) is 2.24. The molecule has 82 valence electrons. The fraction of sp³-hybridized carbons (Fsp3) is 0.538. The van der Waals surface area contributed by atoms with Crippen molar-refractivity contribution < 1.29 is 0 Å². The van der Waals surface area contributed by atoms with Crippen LogP contribution in [-0.2, 0) is 0 Å². The van der Waals surface area contributed by atoms with Gasteiger partial charge in [0, 0.05) is 20.1 Å². The molecule has 0 unspecified atom stereocenters. The molecule has 0 radical (unpaired) electrons. The molecule has 2 nitrogen and oxygen atoms in total. The van der Waals surface area contributed by atoms with Gasteiger partial charge in [0.25, 0.3) is 0 Å². The topological polar surface area (TPSA) is 15.3 Å². The molecule has 15 heavy (non-hydrogen) atoms. The van der Waals surface area contributed by atoms with Gasteiger partial charge in [-0.05, 0) is 30.0 Å². The van der Waals surface area contributed by atoms with Gasteiger partial charge >= 0.3 is 0 Å². The smallest absolute Gasteiger partial charge is 0.0599 e. The quantitative estimate of drug-likeness (QED) is 0.699. The molecule has 0 saturated heterocycles. The number of anilines is 2. The van der Waals surface area contributed by atoms with Gasteiger partial charge in [-0.15, -0.1) is 0 Å². The summed E-state index contributed by atoms with van der Waals surface area (Å²) < 4.78 is 0. The van der Waals surface area contributed by atoms with Gasteiger partial charge in [-0.3, -0.25) is 0 Å². The zero-order valence-electron chi connectivity index (χ0n) is 10.1. The van der Waals surface area contributed by atoms with Crippen molar-refractivity contribution in [1.29, 1.82) is 0 Å². The summed E-state index contributed by atoms with van der Waals surface area (Å²) in [6, 6.07) is 6.61. The Bertz CT molecular complexity index is 369. The Morgan fingerprint density at radius 2 is 2.07 bits per heavy atom. The molecule has 0 amide bonds. The van der Waals surface area contributed by atoms with E-state index in [1.165, 1.54) is 16.9 Å². The maximum atomic E-state index is 3.54. The highest BCUT2D eigenvalue weighted by Gasteiger charge is 2.25. The van der Waals surface area contributed by atoms with Crippen molar-refractivity contribution in [2.45, 2.75) is 20.8 Å². The molecule has 1 N–H and O–H groups in total. The van der Waals surface area contributed by atoms with E-state index >= 15 is 0 Å². The van der Waals surface area contributed by atoms with Gasteiger partial charge in [0.15, 0.2) is 0 Å². The number of hydrogen-bond donors (Lipinski definition) is 1. The lowest BCUT2D eigenvalue weighted by Gasteiger charge is -2.27. The molecule has 2 heteroatoms. The number of nitrogens with zero attached hydrogens (tertiary/aromatic N) is 1. The van der Waals surface area contributed by atoms with Crippen LogP contribution in [0.1, 0.15) is 19.4 Å². The summed E-state index contributed by atoms with van der Waals surface area (Å²) in [5.74, 6) is 0. The van der Waals surface area contributed by atoms with Gasteiger partial charge < -0.3 is 10.2 Å². The molecule has 1 aromatic rings. The third-order valence-electron chi connectivity index (χ3n) is 2.99. The van der Waals surface area contributed by atoms with E-state index in [0.717, 1.165) is 13.1 Å². The molecule has 1 aliphatic heterocycles. The number of fused-ring (bicyclic) bond motifs is 1. The summed E-state index contributed by atoms with van der Waals surface area (Å²) >= 11 is 0. The lowest BCUT2D eigenvalue weighted by Crippen LogP contribution is -2.33. The lowest BCUT2D eigenvalue weighted by molar-refractivity contribution is 0.403. The van der Waals surface area contributed by atoms with Crippen molar-refractivity contribution in [3.8, 4) is 0 Å². The van der Waals surface area contributed by atoms with Gasteiger partial charge in [0.05, 0.1) is 11.4 Å². The van der Waals surface area contributed by atoms with E-state index in [1.807, 2.05) is 0 Å². The first-order valence-electron chi connectivity index (χ1n) is 5.54. The first-order valence-corrected chi connectivity index (χ1v) is 5.54. The van der Waals surface area contributed by atoms with Crippen LogP contribution in [0.4, 0.5) is 11.4 Å². The zero-order chi connectivity index (χ0) is 11.1. The summed E-state index contributed by atoms with van der Waals surface area (Å²) in [6.07, 6.45) is 0. The predicted octanol–water partition coefficient (Wildman–Crippen LogP) is 2.88. The van der Waals surface area contributed by atoms with Crippen LogP contribution in [-0.4, -0.2) is 20.1 Å². The minimum atomic E-state index is 0.321. The fourth-order valence-electron chi connectivity index (χ4n) is 2.24. The lowest BCUT2D eigenvalue weighted by atomic mass is 9.93. The normalized spacial score (nSPS) is 19.1. The predicted molar refractivity (Wildman–Crippen MR) is 66.7 cm³/mol. The summed E-state index contributed by atoms with van der Waals surface area (Å²) in [5, 5.41) is 3.54. The highest BCUT2D eigenvalue weighted by atomic mass is 15.1. The Morgan fingerprint density at radius 3 is 2.80 bits per heavy atom. The summed E-state index contributed by atoms with van der Waals surface area (Å²) in [6.45, 7) is 8.87. The maximum absolute atomic E-state index is 3.54. The minimum Gasteiger partial charge on any atom is -0.383 e. The van der Waals surface area contributed by atoms with Gasteiger partial charge in [-0.25, -0.2) is 0 Å². The first-order chi connectivity index (χ1) is 6.98. The van der Waals surface area contributed by atoms with Crippen LogP contribution in [0.15, 0.2) is 18.2 Å². The standard InChI is InChI=1S/C13H20N2/c1-10-5-6-12-11(7-10)14-8-13(2,3)9-15(12)4/h5-7,14H,8-9H2,1-4H3. The second kappa shape index (κ2) is 3.44. The van der Waals surface area contributed by atoms with Gasteiger partial charge in [-0.1, -0.05) is 19.9 Å². The van der Waals surface area contributed by atoms with Crippen molar-refractivity contribution in [2.24, 2.45) is 5.41 Å². The largest absolute Gasteiger partial charge is 0.383 e. The molecule has 0 spiro atoms. The average molecular weight is 204 g/mol. The molecule has 0 atom stereocenters. The van der Waals surface area contributed by atoms with Crippen LogP contribution in [0, 0.1) is 12.3 Å². The summed E-state index contributed by atoms with van der Waals surface area (Å²) in [7, 11) is 2.17. The van der Waals surface area contributed by atoms with Crippen LogP contribution in [0.3, 0.4) is 0 Å². The van der Waals surface area contributed by atoms with E-state index in [4.69, 9.17) is 0 Å². The molecular weight excluding hydrogens is 184 g/mol. The number of rotatable bonds is 0. The Hall–Kier alpha value is -1.18. The molecular formula is C13H20N2. The Balaban J connectivity index is 2.39. The third kappa shape index (κ3) is 2.09. The Labute approximate surface area is 92.3 Å². The summed E-state index contributed by atoms with van der Waals surface area (Å²) in [5.41, 5.74) is 4.21. The molecule has 0 aliphatic carbocycles. The molecule has 2 rings (SSSR count). The number of nitrogens with one attached hydrogen (secondary N) is 1. The maximum Gasteiger partial charge on any atom is 0.0599 e. The van der Waals surface area contributed by atoms with Crippen LogP contribution < -0.4 is 10.2 Å². The van der Waals surface area contributed by atoms with Crippen molar-refractivity contribution in [2.75, 3.05) is 30.4 Å². The van der Waals surface area contributed by atoms with E-state index in [9.17, 15) is 0 Å². The van der Waals surface area contributed by atoms with Crippen LogP contribution in [0.25, 0.3) is 0 Å². The molecule has 1 heterocycles. The van der Waals surface area contributed by atoms with Crippen LogP contribution >= 0.6 is 0 Å². The SMILES string of the molecule is Cc1ccc2c(c1)NCC(C)(C)CN2C. The van der Waals surface area contributed by atoms with Crippen molar-refractivity contribution >= 4 is 11.4 Å². The van der Waals surface area contributed by atoms with Crippen molar-refractivity contribution in [1.82, 2.24) is 0 Å². The molecule has 1 aromatic carbocycles. The number of benzene rings is 1. The molecule has 0 saturated carbocycles. The number of aryl methyl sites for hydroxylation is 1. The van der Waals surface area contributed by atoms with E-state index in [2.05, 4.69) is 56.2 Å². The molecule has 0 fully saturated rings. The van der Waals surface area contributed by atoms with Crippen LogP contribution in [0.5, 0.6) is 0 Å².